The maximum absolute atomic E-state index is 12.6. The van der Waals surface area contributed by atoms with Gasteiger partial charge in [0.05, 0.1) is 6.33 Å². The van der Waals surface area contributed by atoms with Crippen LogP contribution in [0.25, 0.3) is 5.69 Å². The molecule has 3 unspecified atom stereocenters. The lowest BCUT2D eigenvalue weighted by atomic mass is 9.98. The number of imidazole rings is 1. The summed E-state index contributed by atoms with van der Waals surface area (Å²) >= 11 is 0. The minimum absolute atomic E-state index is 0. The Kier molecular flexibility index (Phi) is 4.41. The Labute approximate surface area is 141 Å². The summed E-state index contributed by atoms with van der Waals surface area (Å²) in [6.07, 6.45) is 7.65. The first-order valence-corrected chi connectivity index (χ1v) is 7.85. The third kappa shape index (κ3) is 2.86. The lowest BCUT2D eigenvalue weighted by Crippen LogP contribution is -2.33. The van der Waals surface area contributed by atoms with Gasteiger partial charge in [0.1, 0.15) is 0 Å². The number of nitrogens with two attached hydrogens (primary N) is 1. The van der Waals surface area contributed by atoms with Crippen LogP contribution < -0.4 is 5.73 Å². The van der Waals surface area contributed by atoms with E-state index in [1.54, 1.807) is 12.5 Å². The first-order chi connectivity index (χ1) is 10.7. The summed E-state index contributed by atoms with van der Waals surface area (Å²) in [7, 11) is 0. The number of nitrogens with zero attached hydrogens (tertiary/aromatic N) is 3. The number of benzene rings is 1. The average molecular weight is 333 g/mol. The Morgan fingerprint density at radius 1 is 1.17 bits per heavy atom. The van der Waals surface area contributed by atoms with E-state index in [0.29, 0.717) is 11.8 Å². The summed E-state index contributed by atoms with van der Waals surface area (Å²) in [6, 6.07) is 7.97. The Morgan fingerprint density at radius 3 is 2.61 bits per heavy atom. The van der Waals surface area contributed by atoms with E-state index >= 15 is 0 Å². The van der Waals surface area contributed by atoms with Crippen molar-refractivity contribution >= 4 is 18.3 Å². The zero-order valence-corrected chi connectivity index (χ0v) is 13.7. The van der Waals surface area contributed by atoms with Crippen LogP contribution in [0.2, 0.25) is 0 Å². The van der Waals surface area contributed by atoms with E-state index in [0.717, 1.165) is 37.2 Å². The molecule has 5 nitrogen and oxygen atoms in total. The molecule has 3 atom stereocenters. The zero-order valence-electron chi connectivity index (χ0n) is 12.8. The molecule has 2 fully saturated rings. The summed E-state index contributed by atoms with van der Waals surface area (Å²) in [5.41, 5.74) is 7.90. The van der Waals surface area contributed by atoms with Crippen LogP contribution in [0.4, 0.5) is 0 Å². The predicted octanol–water partition coefficient (Wildman–Crippen LogP) is 2.10. The van der Waals surface area contributed by atoms with Crippen LogP contribution in [0.15, 0.2) is 43.0 Å². The highest BCUT2D eigenvalue weighted by Gasteiger charge is 2.42. The molecule has 2 N–H and O–H groups in total. The van der Waals surface area contributed by atoms with Crippen molar-refractivity contribution in [3.05, 3.63) is 48.5 Å². The Balaban J connectivity index is 0.00000156. The van der Waals surface area contributed by atoms with E-state index in [1.165, 1.54) is 0 Å². The summed E-state index contributed by atoms with van der Waals surface area (Å²) < 4.78 is 1.92. The van der Waals surface area contributed by atoms with Crippen LogP contribution in [0.3, 0.4) is 0 Å². The molecule has 1 aliphatic carbocycles. The third-order valence-electron chi connectivity index (χ3n) is 5.12. The van der Waals surface area contributed by atoms with Gasteiger partial charge in [-0.2, -0.15) is 0 Å². The van der Waals surface area contributed by atoms with E-state index in [-0.39, 0.29) is 24.4 Å². The number of aromatic nitrogens is 2. The highest BCUT2D eigenvalue weighted by Crippen LogP contribution is 2.37. The second kappa shape index (κ2) is 6.34. The van der Waals surface area contributed by atoms with Gasteiger partial charge < -0.3 is 15.2 Å². The minimum atomic E-state index is 0. The molecular weight excluding hydrogens is 312 g/mol. The highest BCUT2D eigenvalue weighted by molar-refractivity contribution is 5.94. The molecule has 6 heteroatoms. The van der Waals surface area contributed by atoms with Gasteiger partial charge in [-0.25, -0.2) is 4.98 Å². The monoisotopic (exact) mass is 332 g/mol. The van der Waals surface area contributed by atoms with Crippen LogP contribution in [0, 0.1) is 11.8 Å². The highest BCUT2D eigenvalue weighted by atomic mass is 35.5. The van der Waals surface area contributed by atoms with Crippen molar-refractivity contribution in [2.75, 3.05) is 13.1 Å². The molecule has 1 saturated heterocycles. The van der Waals surface area contributed by atoms with Crippen molar-refractivity contribution < 1.29 is 4.79 Å². The molecule has 23 heavy (non-hydrogen) atoms. The lowest BCUT2D eigenvalue weighted by molar-refractivity contribution is 0.0779. The van der Waals surface area contributed by atoms with Gasteiger partial charge in [-0.3, -0.25) is 4.79 Å². The van der Waals surface area contributed by atoms with Crippen LogP contribution in [-0.2, 0) is 0 Å². The van der Waals surface area contributed by atoms with Crippen LogP contribution in [0.1, 0.15) is 23.2 Å². The number of rotatable bonds is 2. The summed E-state index contributed by atoms with van der Waals surface area (Å²) in [4.78, 5) is 18.7. The molecule has 1 aliphatic heterocycles. The van der Waals surface area contributed by atoms with Gasteiger partial charge in [0, 0.05) is 42.8 Å². The van der Waals surface area contributed by atoms with E-state index in [4.69, 9.17) is 5.73 Å². The number of carbonyl (C=O) groups excluding carboxylic acids is 1. The van der Waals surface area contributed by atoms with Crippen molar-refractivity contribution in [2.45, 2.75) is 18.9 Å². The van der Waals surface area contributed by atoms with Crippen molar-refractivity contribution in [3.63, 3.8) is 0 Å². The van der Waals surface area contributed by atoms with Gasteiger partial charge in [0.15, 0.2) is 0 Å². The fourth-order valence-corrected chi connectivity index (χ4v) is 3.84. The molecule has 2 aliphatic rings. The number of carbonyl (C=O) groups is 1. The molecule has 1 aromatic carbocycles. The summed E-state index contributed by atoms with van der Waals surface area (Å²) in [5.74, 6) is 1.22. The van der Waals surface area contributed by atoms with Gasteiger partial charge in [-0.15, -0.1) is 12.4 Å². The first-order valence-electron chi connectivity index (χ1n) is 7.85. The van der Waals surface area contributed by atoms with Crippen molar-refractivity contribution in [1.82, 2.24) is 14.5 Å². The summed E-state index contributed by atoms with van der Waals surface area (Å²) in [5, 5.41) is 0. The van der Waals surface area contributed by atoms with Crippen molar-refractivity contribution in [1.29, 1.82) is 0 Å². The quantitative estimate of drug-likeness (QED) is 0.916. The molecule has 0 radical (unpaired) electrons. The Hall–Kier alpha value is -1.85. The maximum atomic E-state index is 12.6. The molecule has 122 valence electrons. The number of halogens is 1. The average Bonchev–Trinajstić information content (AvgIpc) is 3.26. The summed E-state index contributed by atoms with van der Waals surface area (Å²) in [6.45, 7) is 1.68. The lowest BCUT2D eigenvalue weighted by Gasteiger charge is -2.19. The molecule has 4 rings (SSSR count). The number of fused-ring (bicyclic) bond motifs is 1. The maximum Gasteiger partial charge on any atom is 0.253 e. The van der Waals surface area contributed by atoms with Gasteiger partial charge in [-0.05, 0) is 48.9 Å². The molecule has 1 amide bonds. The molecular formula is C17H21ClN4O. The fourth-order valence-electron chi connectivity index (χ4n) is 3.84. The molecule has 1 saturated carbocycles. The van der Waals surface area contributed by atoms with Crippen molar-refractivity contribution in [2.24, 2.45) is 17.6 Å². The van der Waals surface area contributed by atoms with Gasteiger partial charge in [0.25, 0.3) is 5.91 Å². The van der Waals surface area contributed by atoms with Gasteiger partial charge >= 0.3 is 0 Å². The van der Waals surface area contributed by atoms with Crippen LogP contribution in [0.5, 0.6) is 0 Å². The van der Waals surface area contributed by atoms with Crippen molar-refractivity contribution in [3.8, 4) is 5.69 Å². The molecule has 0 bridgehead atoms. The van der Waals surface area contributed by atoms with E-state index in [9.17, 15) is 4.79 Å². The molecule has 2 heterocycles. The second-order valence-corrected chi connectivity index (χ2v) is 6.39. The number of amides is 1. The molecule has 1 aromatic heterocycles. The van der Waals surface area contributed by atoms with Crippen LogP contribution in [-0.4, -0.2) is 39.5 Å². The van der Waals surface area contributed by atoms with Crippen LogP contribution >= 0.6 is 12.4 Å². The van der Waals surface area contributed by atoms with E-state index in [1.807, 2.05) is 39.9 Å². The third-order valence-corrected chi connectivity index (χ3v) is 5.12. The smallest absolute Gasteiger partial charge is 0.253 e. The minimum Gasteiger partial charge on any atom is -0.338 e. The van der Waals surface area contributed by atoms with E-state index < -0.39 is 0 Å². The number of likely N-dealkylation sites (tertiary alicyclic amines) is 1. The fraction of sp³-hybridized carbons (Fsp3) is 0.412. The molecule has 2 aromatic rings. The Bertz CT molecular complexity index is 670. The second-order valence-electron chi connectivity index (χ2n) is 6.39. The van der Waals surface area contributed by atoms with E-state index in [2.05, 4.69) is 4.98 Å². The zero-order chi connectivity index (χ0) is 15.1. The standard InChI is InChI=1S/C17H20N4O.ClH/c18-16-6-3-13-9-21(10-15(13)16)17(22)12-1-4-14(5-2-12)20-8-7-19-11-20;/h1-2,4-5,7-8,11,13,15-16H,3,6,9-10,18H2;1H. The van der Waals surface area contributed by atoms with Gasteiger partial charge in [-0.1, -0.05) is 0 Å². The number of hydrogen-bond donors (Lipinski definition) is 1. The SMILES string of the molecule is Cl.NC1CCC2CN(C(=O)c3ccc(-n4ccnc4)cc3)CC12. The largest absolute Gasteiger partial charge is 0.338 e. The predicted molar refractivity (Wildman–Crippen MR) is 90.9 cm³/mol. The molecule has 0 spiro atoms. The van der Waals surface area contributed by atoms with Gasteiger partial charge in [0.2, 0.25) is 0 Å². The Morgan fingerprint density at radius 2 is 1.96 bits per heavy atom. The topological polar surface area (TPSA) is 64.2 Å². The number of hydrogen-bond acceptors (Lipinski definition) is 3. The first kappa shape index (κ1) is 16.0. The normalized spacial score (nSPS) is 26.0.